The molecule has 160 valence electrons. The van der Waals surface area contributed by atoms with Crippen molar-refractivity contribution < 1.29 is 13.2 Å². The molecule has 31 heavy (non-hydrogen) atoms. The number of carbonyl (C=O) groups is 1. The third kappa shape index (κ3) is 4.08. The normalized spacial score (nSPS) is 13.5. The second-order valence-corrected chi connectivity index (χ2v) is 9.62. The lowest BCUT2D eigenvalue weighted by Gasteiger charge is -2.30. The van der Waals surface area contributed by atoms with Gasteiger partial charge in [-0.25, -0.2) is 8.42 Å². The fourth-order valence-corrected chi connectivity index (χ4v) is 5.65. The summed E-state index contributed by atoms with van der Waals surface area (Å²) in [5, 5.41) is 2.97. The number of hydrogen-bond donors (Lipinski definition) is 1. The first-order valence-electron chi connectivity index (χ1n) is 10.5. The zero-order chi connectivity index (χ0) is 22.0. The highest BCUT2D eigenvalue weighted by Crippen LogP contribution is 2.32. The first-order chi connectivity index (χ1) is 14.9. The number of benzene rings is 3. The number of rotatable bonds is 5. The summed E-state index contributed by atoms with van der Waals surface area (Å²) >= 11 is 0. The van der Waals surface area contributed by atoms with Crippen LogP contribution in [0.25, 0.3) is 0 Å². The van der Waals surface area contributed by atoms with Crippen molar-refractivity contribution in [3.8, 4) is 0 Å². The predicted octanol–water partition coefficient (Wildman–Crippen LogP) is 4.95. The zero-order valence-electron chi connectivity index (χ0n) is 17.8. The van der Waals surface area contributed by atoms with Crippen LogP contribution in [0.2, 0.25) is 0 Å². The summed E-state index contributed by atoms with van der Waals surface area (Å²) in [6, 6.07) is 19.8. The van der Waals surface area contributed by atoms with Crippen LogP contribution in [-0.2, 0) is 22.9 Å². The van der Waals surface area contributed by atoms with Gasteiger partial charge in [-0.1, -0.05) is 49.4 Å². The van der Waals surface area contributed by atoms with Crippen molar-refractivity contribution in [2.45, 2.75) is 38.0 Å². The van der Waals surface area contributed by atoms with Gasteiger partial charge in [-0.05, 0) is 67.1 Å². The van der Waals surface area contributed by atoms with E-state index >= 15 is 0 Å². The number of carbonyl (C=O) groups excluding carboxylic acids is 1. The van der Waals surface area contributed by atoms with E-state index in [1.165, 1.54) is 10.4 Å². The largest absolute Gasteiger partial charge is 0.321 e. The van der Waals surface area contributed by atoms with Crippen molar-refractivity contribution in [3.05, 3.63) is 89.0 Å². The van der Waals surface area contributed by atoms with Crippen molar-refractivity contribution in [3.63, 3.8) is 0 Å². The number of nitrogens with one attached hydrogen (secondary N) is 1. The molecule has 0 radical (unpaired) electrons. The van der Waals surface area contributed by atoms with Gasteiger partial charge in [-0.2, -0.15) is 0 Å². The molecule has 3 aromatic rings. The summed E-state index contributed by atoms with van der Waals surface area (Å²) < 4.78 is 28.3. The molecule has 0 saturated heterocycles. The molecule has 5 nitrogen and oxygen atoms in total. The average Bonchev–Trinajstić information content (AvgIpc) is 2.80. The van der Waals surface area contributed by atoms with Crippen molar-refractivity contribution in [1.82, 2.24) is 0 Å². The number of hydrogen-bond acceptors (Lipinski definition) is 3. The van der Waals surface area contributed by atoms with Crippen molar-refractivity contribution in [2.24, 2.45) is 0 Å². The summed E-state index contributed by atoms with van der Waals surface area (Å²) in [5.41, 5.74) is 4.86. The van der Waals surface area contributed by atoms with Gasteiger partial charge in [-0.15, -0.1) is 0 Å². The fourth-order valence-electron chi connectivity index (χ4n) is 4.06. The van der Waals surface area contributed by atoms with E-state index < -0.39 is 10.0 Å². The molecule has 1 amide bonds. The molecule has 0 spiro atoms. The molecular formula is C25H26N2O3S. The molecule has 0 fully saturated rings. The molecule has 1 aliphatic rings. The number of sulfonamides is 1. The van der Waals surface area contributed by atoms with Gasteiger partial charge >= 0.3 is 0 Å². The fraction of sp³-hybridized carbons (Fsp3) is 0.240. The van der Waals surface area contributed by atoms with Crippen molar-refractivity contribution in [2.75, 3.05) is 16.2 Å². The van der Waals surface area contributed by atoms with Crippen LogP contribution in [0, 0.1) is 6.92 Å². The third-order valence-corrected chi connectivity index (χ3v) is 7.54. The lowest BCUT2D eigenvalue weighted by molar-refractivity contribution is 0.102. The minimum atomic E-state index is -3.77. The van der Waals surface area contributed by atoms with Crippen LogP contribution in [0.15, 0.2) is 71.6 Å². The van der Waals surface area contributed by atoms with E-state index in [-0.39, 0.29) is 10.8 Å². The summed E-state index contributed by atoms with van der Waals surface area (Å²) in [4.78, 5) is 13.1. The highest BCUT2D eigenvalue weighted by Gasteiger charge is 2.29. The van der Waals surface area contributed by atoms with Gasteiger partial charge in [0.2, 0.25) is 0 Å². The molecule has 0 aromatic heterocycles. The predicted molar refractivity (Wildman–Crippen MR) is 124 cm³/mol. The minimum absolute atomic E-state index is 0.123. The van der Waals surface area contributed by atoms with E-state index in [9.17, 15) is 13.2 Å². The summed E-state index contributed by atoms with van der Waals surface area (Å²) in [6.07, 6.45) is 2.42. The molecule has 1 N–H and O–H groups in total. The van der Waals surface area contributed by atoms with Gasteiger partial charge in [0.05, 0.1) is 10.6 Å². The maximum Gasteiger partial charge on any atom is 0.264 e. The molecule has 0 bridgehead atoms. The van der Waals surface area contributed by atoms with E-state index in [1.54, 1.807) is 18.2 Å². The van der Waals surface area contributed by atoms with Crippen LogP contribution in [0.1, 0.15) is 40.4 Å². The SMILES string of the molecule is CCc1cccc(C)c1NC(=O)c1cccc(S(=O)(=O)N2CCCc3ccccc32)c1. The monoisotopic (exact) mass is 434 g/mol. The number of para-hydroxylation sites is 2. The van der Waals surface area contributed by atoms with E-state index in [1.807, 2.05) is 56.3 Å². The second kappa shape index (κ2) is 8.55. The smallest absolute Gasteiger partial charge is 0.264 e. The van der Waals surface area contributed by atoms with Crippen molar-refractivity contribution in [1.29, 1.82) is 0 Å². The Hall–Kier alpha value is -3.12. The van der Waals surface area contributed by atoms with Crippen LogP contribution < -0.4 is 9.62 Å². The van der Waals surface area contributed by atoms with Crippen LogP contribution in [-0.4, -0.2) is 20.9 Å². The lowest BCUT2D eigenvalue weighted by Crippen LogP contribution is -2.35. The molecule has 0 aliphatic carbocycles. The topological polar surface area (TPSA) is 66.5 Å². The van der Waals surface area contributed by atoms with Crippen molar-refractivity contribution >= 4 is 27.3 Å². The summed E-state index contributed by atoms with van der Waals surface area (Å²) in [5.74, 6) is -0.319. The van der Waals surface area contributed by atoms with E-state index in [0.717, 1.165) is 47.3 Å². The Morgan fingerprint density at radius 1 is 1.03 bits per heavy atom. The van der Waals surface area contributed by atoms with Crippen LogP contribution in [0.5, 0.6) is 0 Å². The standard InChI is InChI=1S/C25H26N2O3S/c1-3-19-11-6-9-18(2)24(19)26-25(28)21-12-7-14-22(17-21)31(29,30)27-16-8-13-20-10-4-5-15-23(20)27/h4-7,9-12,14-15,17H,3,8,13,16H2,1-2H3,(H,26,28). The highest BCUT2D eigenvalue weighted by molar-refractivity contribution is 7.92. The zero-order valence-corrected chi connectivity index (χ0v) is 18.6. The maximum absolute atomic E-state index is 13.4. The number of nitrogens with zero attached hydrogens (tertiary/aromatic N) is 1. The lowest BCUT2D eigenvalue weighted by atomic mass is 10.0. The van der Waals surface area contributed by atoms with Gasteiger partial charge in [-0.3, -0.25) is 9.10 Å². The van der Waals surface area contributed by atoms with Gasteiger partial charge in [0.25, 0.3) is 15.9 Å². The molecule has 1 aliphatic heterocycles. The number of anilines is 2. The minimum Gasteiger partial charge on any atom is -0.321 e. The molecule has 0 atom stereocenters. The number of amides is 1. The van der Waals surface area contributed by atoms with Gasteiger partial charge in [0.15, 0.2) is 0 Å². The Labute approximate surface area is 183 Å². The maximum atomic E-state index is 13.4. The molecule has 0 unspecified atom stereocenters. The van der Waals surface area contributed by atoms with Gasteiger partial charge in [0, 0.05) is 17.8 Å². The summed E-state index contributed by atoms with van der Waals surface area (Å²) in [7, 11) is -3.77. The second-order valence-electron chi connectivity index (χ2n) is 7.75. The first kappa shape index (κ1) is 21.1. The highest BCUT2D eigenvalue weighted by atomic mass is 32.2. The molecule has 1 heterocycles. The van der Waals surface area contributed by atoms with E-state index in [2.05, 4.69) is 5.32 Å². The van der Waals surface area contributed by atoms with Crippen LogP contribution >= 0.6 is 0 Å². The average molecular weight is 435 g/mol. The van der Waals surface area contributed by atoms with E-state index in [4.69, 9.17) is 0 Å². The number of fused-ring (bicyclic) bond motifs is 1. The molecular weight excluding hydrogens is 408 g/mol. The Morgan fingerprint density at radius 2 is 1.81 bits per heavy atom. The van der Waals surface area contributed by atoms with E-state index in [0.29, 0.717) is 12.1 Å². The van der Waals surface area contributed by atoms with Gasteiger partial charge in [0.1, 0.15) is 0 Å². The molecule has 4 rings (SSSR count). The molecule has 3 aromatic carbocycles. The Kier molecular flexibility index (Phi) is 5.83. The molecule has 6 heteroatoms. The Morgan fingerprint density at radius 3 is 2.61 bits per heavy atom. The summed E-state index contributed by atoms with van der Waals surface area (Å²) in [6.45, 7) is 4.41. The third-order valence-electron chi connectivity index (χ3n) is 5.73. The van der Waals surface area contributed by atoms with Crippen LogP contribution in [0.4, 0.5) is 11.4 Å². The van der Waals surface area contributed by atoms with Gasteiger partial charge < -0.3 is 5.32 Å². The quantitative estimate of drug-likeness (QED) is 0.618. The Bertz CT molecular complexity index is 1240. The first-order valence-corrected chi connectivity index (χ1v) is 12.0. The Balaban J connectivity index is 1.66. The number of aryl methyl sites for hydroxylation is 3. The molecule has 0 saturated carbocycles. The van der Waals surface area contributed by atoms with Crippen LogP contribution in [0.3, 0.4) is 0 Å².